The minimum Gasteiger partial charge on any atom is -0.398 e. The quantitative estimate of drug-likeness (QED) is 0.514. The molecule has 1 rings (SSSR count). The van der Waals surface area contributed by atoms with E-state index in [1.54, 1.807) is 4.90 Å². The zero-order chi connectivity index (χ0) is 15.5. The number of nitrogens with two attached hydrogens (primary N) is 1. The van der Waals surface area contributed by atoms with E-state index in [1.807, 2.05) is 31.3 Å². The minimum atomic E-state index is 0.215. The second kappa shape index (κ2) is 10.3. The molecule has 1 aromatic rings. The van der Waals surface area contributed by atoms with Gasteiger partial charge in [0, 0.05) is 25.7 Å². The van der Waals surface area contributed by atoms with Crippen molar-refractivity contribution in [3.05, 3.63) is 29.8 Å². The largest absolute Gasteiger partial charge is 0.398 e. The summed E-state index contributed by atoms with van der Waals surface area (Å²) in [7, 11) is 1.86. The molecule has 0 heterocycles. The maximum Gasteiger partial charge on any atom is 0.222 e. The smallest absolute Gasteiger partial charge is 0.222 e. The lowest BCUT2D eigenvalue weighted by molar-refractivity contribution is -0.130. The number of carbonyl (C=O) groups excluding carboxylic acids is 1. The van der Waals surface area contributed by atoms with E-state index in [0.717, 1.165) is 24.1 Å². The first kappa shape index (κ1) is 17.5. The van der Waals surface area contributed by atoms with Gasteiger partial charge in [0.05, 0.1) is 0 Å². The Morgan fingerprint density at radius 3 is 2.33 bits per heavy atom. The lowest BCUT2D eigenvalue weighted by Gasteiger charge is -2.18. The fourth-order valence-electron chi connectivity index (χ4n) is 2.45. The van der Waals surface area contributed by atoms with Crippen LogP contribution in [-0.4, -0.2) is 17.9 Å². The van der Waals surface area contributed by atoms with Crippen LogP contribution in [0.3, 0.4) is 0 Å². The fraction of sp³-hybridized carbons (Fsp3) is 0.611. The number of anilines is 1. The van der Waals surface area contributed by atoms with Gasteiger partial charge in [-0.25, -0.2) is 0 Å². The average Bonchev–Trinajstić information content (AvgIpc) is 2.48. The summed E-state index contributed by atoms with van der Waals surface area (Å²) in [5.74, 6) is 0.215. The molecular formula is C18H30N2O. The van der Waals surface area contributed by atoms with Gasteiger partial charge in [-0.3, -0.25) is 4.79 Å². The summed E-state index contributed by atoms with van der Waals surface area (Å²) >= 11 is 0. The summed E-state index contributed by atoms with van der Waals surface area (Å²) in [5.41, 5.74) is 7.69. The van der Waals surface area contributed by atoms with Crippen molar-refractivity contribution >= 4 is 11.6 Å². The molecule has 3 heteroatoms. The molecular weight excluding hydrogens is 260 g/mol. The number of para-hydroxylation sites is 1. The molecule has 1 aromatic carbocycles. The predicted molar refractivity (Wildman–Crippen MR) is 89.9 cm³/mol. The number of hydrogen-bond donors (Lipinski definition) is 1. The number of nitrogen functional groups attached to an aromatic ring is 1. The van der Waals surface area contributed by atoms with Crippen LogP contribution in [0, 0.1) is 0 Å². The molecule has 0 aliphatic heterocycles. The van der Waals surface area contributed by atoms with Crippen LogP contribution in [0.5, 0.6) is 0 Å². The van der Waals surface area contributed by atoms with Gasteiger partial charge in [0.2, 0.25) is 5.91 Å². The standard InChI is InChI=1S/C18H30N2O/c1-3-4-5-6-7-8-9-14-18(21)20(2)15-16-12-10-11-13-17(16)19/h10-13H,3-9,14-15,19H2,1-2H3. The van der Waals surface area contributed by atoms with Crippen LogP contribution >= 0.6 is 0 Å². The number of hydrogen-bond acceptors (Lipinski definition) is 2. The molecule has 0 aromatic heterocycles. The lowest BCUT2D eigenvalue weighted by atomic mass is 10.1. The summed E-state index contributed by atoms with van der Waals surface area (Å²) in [4.78, 5) is 13.9. The third kappa shape index (κ3) is 7.16. The number of carbonyl (C=O) groups is 1. The Morgan fingerprint density at radius 1 is 1.05 bits per heavy atom. The van der Waals surface area contributed by atoms with Crippen molar-refractivity contribution in [1.29, 1.82) is 0 Å². The van der Waals surface area contributed by atoms with Gasteiger partial charge < -0.3 is 10.6 Å². The van der Waals surface area contributed by atoms with Crippen molar-refractivity contribution in [3.8, 4) is 0 Å². The molecule has 2 N–H and O–H groups in total. The molecule has 0 spiro atoms. The highest BCUT2D eigenvalue weighted by atomic mass is 16.2. The second-order valence-electron chi connectivity index (χ2n) is 5.82. The maximum atomic E-state index is 12.1. The van der Waals surface area contributed by atoms with Gasteiger partial charge in [-0.1, -0.05) is 63.6 Å². The van der Waals surface area contributed by atoms with E-state index in [4.69, 9.17) is 5.73 Å². The molecule has 0 fully saturated rings. The third-order valence-electron chi connectivity index (χ3n) is 3.88. The van der Waals surface area contributed by atoms with E-state index in [9.17, 15) is 4.79 Å². The van der Waals surface area contributed by atoms with Gasteiger partial charge in [-0.2, -0.15) is 0 Å². The third-order valence-corrected chi connectivity index (χ3v) is 3.88. The van der Waals surface area contributed by atoms with Crippen LogP contribution in [-0.2, 0) is 11.3 Å². The predicted octanol–water partition coefficient (Wildman–Crippen LogP) is 4.37. The number of benzene rings is 1. The zero-order valence-electron chi connectivity index (χ0n) is 13.6. The lowest BCUT2D eigenvalue weighted by Crippen LogP contribution is -2.26. The van der Waals surface area contributed by atoms with Gasteiger partial charge in [0.15, 0.2) is 0 Å². The van der Waals surface area contributed by atoms with Crippen molar-refractivity contribution in [1.82, 2.24) is 4.90 Å². The van der Waals surface area contributed by atoms with E-state index in [1.165, 1.54) is 32.1 Å². The molecule has 0 saturated heterocycles. The molecule has 3 nitrogen and oxygen atoms in total. The van der Waals surface area contributed by atoms with E-state index in [2.05, 4.69) is 6.92 Å². The van der Waals surface area contributed by atoms with Crippen LogP contribution in [0.2, 0.25) is 0 Å². The Labute approximate surface area is 129 Å². The van der Waals surface area contributed by atoms with E-state index >= 15 is 0 Å². The summed E-state index contributed by atoms with van der Waals surface area (Å²) < 4.78 is 0. The van der Waals surface area contributed by atoms with Crippen LogP contribution < -0.4 is 5.73 Å². The monoisotopic (exact) mass is 290 g/mol. The van der Waals surface area contributed by atoms with Crippen molar-refractivity contribution in [2.24, 2.45) is 0 Å². The van der Waals surface area contributed by atoms with Gasteiger partial charge >= 0.3 is 0 Å². The number of rotatable bonds is 10. The first-order valence-corrected chi connectivity index (χ1v) is 8.22. The summed E-state index contributed by atoms with van der Waals surface area (Å²) in [6.07, 6.45) is 9.32. The van der Waals surface area contributed by atoms with Crippen LogP contribution in [0.25, 0.3) is 0 Å². The number of amides is 1. The average molecular weight is 290 g/mol. The van der Waals surface area contributed by atoms with Crippen LogP contribution in [0.4, 0.5) is 5.69 Å². The highest BCUT2D eigenvalue weighted by molar-refractivity contribution is 5.76. The van der Waals surface area contributed by atoms with Gasteiger partial charge in [-0.15, -0.1) is 0 Å². The number of unbranched alkanes of at least 4 members (excludes halogenated alkanes) is 6. The molecule has 0 atom stereocenters. The molecule has 0 aliphatic rings. The number of nitrogens with zero attached hydrogens (tertiary/aromatic N) is 1. The van der Waals surface area contributed by atoms with E-state index < -0.39 is 0 Å². The Morgan fingerprint density at radius 2 is 1.67 bits per heavy atom. The minimum absolute atomic E-state index is 0.215. The van der Waals surface area contributed by atoms with Crippen LogP contribution in [0.1, 0.15) is 63.9 Å². The normalized spacial score (nSPS) is 10.6. The molecule has 21 heavy (non-hydrogen) atoms. The Bertz CT molecular complexity index is 417. The SMILES string of the molecule is CCCCCCCCCC(=O)N(C)Cc1ccccc1N. The molecule has 118 valence electrons. The molecule has 0 saturated carbocycles. The molecule has 1 amide bonds. The van der Waals surface area contributed by atoms with E-state index in [-0.39, 0.29) is 5.91 Å². The van der Waals surface area contributed by atoms with Crippen LogP contribution in [0.15, 0.2) is 24.3 Å². The van der Waals surface area contributed by atoms with E-state index in [0.29, 0.717) is 13.0 Å². The first-order valence-electron chi connectivity index (χ1n) is 8.22. The fourth-order valence-corrected chi connectivity index (χ4v) is 2.45. The molecule has 0 unspecified atom stereocenters. The van der Waals surface area contributed by atoms with Gasteiger partial charge in [0.25, 0.3) is 0 Å². The highest BCUT2D eigenvalue weighted by Crippen LogP contribution is 2.14. The highest BCUT2D eigenvalue weighted by Gasteiger charge is 2.10. The van der Waals surface area contributed by atoms with Crippen molar-refractivity contribution in [2.45, 2.75) is 64.8 Å². The van der Waals surface area contributed by atoms with Gasteiger partial charge in [0.1, 0.15) is 0 Å². The topological polar surface area (TPSA) is 46.3 Å². The Balaban J connectivity index is 2.18. The van der Waals surface area contributed by atoms with Crippen molar-refractivity contribution in [3.63, 3.8) is 0 Å². The zero-order valence-corrected chi connectivity index (χ0v) is 13.6. The second-order valence-corrected chi connectivity index (χ2v) is 5.82. The molecule has 0 bridgehead atoms. The first-order chi connectivity index (χ1) is 10.1. The summed E-state index contributed by atoms with van der Waals surface area (Å²) in [6.45, 7) is 2.83. The summed E-state index contributed by atoms with van der Waals surface area (Å²) in [6, 6.07) is 7.73. The van der Waals surface area contributed by atoms with Crippen molar-refractivity contribution in [2.75, 3.05) is 12.8 Å². The summed E-state index contributed by atoms with van der Waals surface area (Å²) in [5, 5.41) is 0. The Hall–Kier alpha value is -1.51. The van der Waals surface area contributed by atoms with Crippen molar-refractivity contribution < 1.29 is 4.79 Å². The van der Waals surface area contributed by atoms with Gasteiger partial charge in [-0.05, 0) is 18.1 Å². The Kier molecular flexibility index (Phi) is 8.56. The molecule has 0 aliphatic carbocycles. The molecule has 0 radical (unpaired) electrons. The maximum absolute atomic E-state index is 12.1.